The largest absolute Gasteiger partial charge is 0.472 e. The number of nitrogens with two attached hydrogens (primary N) is 1. The molecule has 4 atom stereocenters. The fourth-order valence-electron chi connectivity index (χ4n) is 6.03. The molecule has 0 spiro atoms. The highest BCUT2D eigenvalue weighted by Gasteiger charge is 2.26. The molecule has 0 amide bonds. The first-order chi connectivity index (χ1) is 27.9. The normalized spacial score (nSPS) is 14.8. The highest BCUT2D eigenvalue weighted by atomic mass is 31.2. The van der Waals surface area contributed by atoms with E-state index in [1.807, 2.05) is 30.4 Å². The molecule has 5 N–H and O–H groups in total. The lowest BCUT2D eigenvalue weighted by atomic mass is 10.0. The molecule has 58 heavy (non-hydrogen) atoms. The third kappa shape index (κ3) is 27.8. The van der Waals surface area contributed by atoms with Gasteiger partial charge in [-0.2, -0.15) is 0 Å². The van der Waals surface area contributed by atoms with Gasteiger partial charge in [0.15, 0.2) is 6.10 Å². The summed E-state index contributed by atoms with van der Waals surface area (Å²) in [6.07, 6.45) is 29.1. The predicted molar refractivity (Wildman–Crippen MR) is 230 cm³/mol. The SMILES string of the molecule is CCCCCc1oc(CCCCCCCCC(=O)O[C@H](COC(=O)CCC[C@@H](O)/C=C/C=C\C/C=C\C=C\[C@@H](O)CCCCC)COP(=O)(O)OCCN)c(C)c1C. The van der Waals surface area contributed by atoms with Crippen molar-refractivity contribution in [3.63, 3.8) is 0 Å². The van der Waals surface area contributed by atoms with Crippen LogP contribution in [0.2, 0.25) is 0 Å². The summed E-state index contributed by atoms with van der Waals surface area (Å²) in [4.78, 5) is 35.0. The van der Waals surface area contributed by atoms with Crippen molar-refractivity contribution < 1.29 is 52.2 Å². The molecule has 1 aromatic heterocycles. The first kappa shape index (κ1) is 53.2. The number of furan rings is 1. The Labute approximate surface area is 348 Å². The molecule has 0 fully saturated rings. The fraction of sp³-hybridized carbons (Fsp3) is 0.689. The maximum absolute atomic E-state index is 12.7. The molecular weight excluding hydrogens is 761 g/mol. The second-order valence-corrected chi connectivity index (χ2v) is 16.3. The van der Waals surface area contributed by atoms with Crippen molar-refractivity contribution in [2.45, 2.75) is 174 Å². The first-order valence-corrected chi connectivity index (χ1v) is 23.2. The third-order valence-electron chi connectivity index (χ3n) is 9.63. The van der Waals surface area contributed by atoms with Crippen molar-refractivity contribution in [3.8, 4) is 0 Å². The highest BCUT2D eigenvalue weighted by molar-refractivity contribution is 7.47. The summed E-state index contributed by atoms with van der Waals surface area (Å²) in [5, 5.41) is 20.1. The van der Waals surface area contributed by atoms with Gasteiger partial charge in [-0.15, -0.1) is 0 Å². The van der Waals surface area contributed by atoms with E-state index in [2.05, 4.69) is 27.7 Å². The van der Waals surface area contributed by atoms with Gasteiger partial charge in [0.25, 0.3) is 0 Å². The van der Waals surface area contributed by atoms with E-state index in [-0.39, 0.29) is 32.6 Å². The Kier molecular flexibility index (Phi) is 31.1. The van der Waals surface area contributed by atoms with Gasteiger partial charge in [0.1, 0.15) is 18.1 Å². The van der Waals surface area contributed by atoms with Gasteiger partial charge in [-0.3, -0.25) is 18.6 Å². The molecular formula is C45H76NO11P. The van der Waals surface area contributed by atoms with Crippen molar-refractivity contribution in [1.29, 1.82) is 0 Å². The summed E-state index contributed by atoms with van der Waals surface area (Å²) < 4.78 is 38.9. The molecule has 1 unspecified atom stereocenters. The van der Waals surface area contributed by atoms with Crippen molar-refractivity contribution in [2.24, 2.45) is 5.73 Å². The van der Waals surface area contributed by atoms with Crippen LogP contribution in [-0.2, 0) is 45.5 Å². The molecule has 1 rings (SSSR count). The predicted octanol–water partition coefficient (Wildman–Crippen LogP) is 9.54. The molecule has 0 aliphatic carbocycles. The molecule has 0 bridgehead atoms. The molecule has 1 heterocycles. The Bertz CT molecular complexity index is 1400. The van der Waals surface area contributed by atoms with E-state index in [1.165, 1.54) is 24.0 Å². The summed E-state index contributed by atoms with van der Waals surface area (Å²) in [5.41, 5.74) is 7.90. The van der Waals surface area contributed by atoms with Gasteiger partial charge in [-0.25, -0.2) is 4.57 Å². The van der Waals surface area contributed by atoms with Crippen molar-refractivity contribution in [2.75, 3.05) is 26.4 Å². The second kappa shape index (κ2) is 33.9. The van der Waals surface area contributed by atoms with Crippen LogP contribution >= 0.6 is 7.82 Å². The van der Waals surface area contributed by atoms with E-state index in [4.69, 9.17) is 28.7 Å². The van der Waals surface area contributed by atoms with Crippen molar-refractivity contribution in [1.82, 2.24) is 0 Å². The standard InChI is InChI=1S/C45H76NO11P/c1-5-7-18-25-39(47)26-20-14-10-9-11-15-21-27-40(48)28-24-32-44(49)53-35-41(36-55-58(51,52)54-34-33-46)56-45(50)31-23-17-13-12-16-22-30-43-38(4)37(3)42(57-43)29-19-8-6-2/h10-11,14-15,20-21,26-27,39-41,47-48H,5-9,12-13,16-19,22-25,28-36,46H2,1-4H3,(H,51,52)/b14-10-,15-11-,26-20+,27-21+/t39-,40-,41+/m0/s1. The highest BCUT2D eigenvalue weighted by Crippen LogP contribution is 2.43. The van der Waals surface area contributed by atoms with Gasteiger partial charge >= 0.3 is 19.8 Å². The van der Waals surface area contributed by atoms with Gasteiger partial charge in [0, 0.05) is 32.2 Å². The number of hydrogen-bond acceptors (Lipinski definition) is 11. The van der Waals surface area contributed by atoms with Crippen LogP contribution in [0.15, 0.2) is 53.0 Å². The zero-order chi connectivity index (χ0) is 42.9. The Morgan fingerprint density at radius 1 is 0.707 bits per heavy atom. The first-order valence-electron chi connectivity index (χ1n) is 21.7. The molecule has 0 saturated heterocycles. The van der Waals surface area contributed by atoms with E-state index in [0.717, 1.165) is 88.6 Å². The number of hydrogen-bond donors (Lipinski definition) is 4. The molecule has 0 aliphatic heterocycles. The lowest BCUT2D eigenvalue weighted by molar-refractivity contribution is -0.161. The number of aryl methyl sites for hydroxylation is 2. The molecule has 13 heteroatoms. The third-order valence-corrected chi connectivity index (χ3v) is 10.6. The van der Waals surface area contributed by atoms with Crippen LogP contribution in [0, 0.1) is 13.8 Å². The summed E-state index contributed by atoms with van der Waals surface area (Å²) in [5.74, 6) is 1.14. The van der Waals surface area contributed by atoms with Crippen LogP contribution in [0.3, 0.4) is 0 Å². The average Bonchev–Trinajstić information content (AvgIpc) is 3.46. The zero-order valence-electron chi connectivity index (χ0n) is 36.0. The number of unbranched alkanes of at least 4 members (excludes halogenated alkanes) is 9. The van der Waals surface area contributed by atoms with E-state index >= 15 is 0 Å². The van der Waals surface area contributed by atoms with E-state index in [0.29, 0.717) is 25.7 Å². The minimum atomic E-state index is -4.45. The summed E-state index contributed by atoms with van der Waals surface area (Å²) in [6.45, 7) is 7.57. The Hall–Kier alpha value is -2.83. The average molecular weight is 838 g/mol. The van der Waals surface area contributed by atoms with Crippen molar-refractivity contribution >= 4 is 19.8 Å². The number of aliphatic hydroxyl groups is 2. The molecule has 0 radical (unpaired) electrons. The monoisotopic (exact) mass is 838 g/mol. The van der Waals surface area contributed by atoms with Crippen LogP contribution in [-0.4, -0.2) is 71.7 Å². The van der Waals surface area contributed by atoms with Gasteiger partial charge < -0.3 is 34.7 Å². The second-order valence-electron chi connectivity index (χ2n) is 14.8. The van der Waals surface area contributed by atoms with Crippen LogP contribution in [0.25, 0.3) is 0 Å². The topological polar surface area (TPSA) is 188 Å². The number of ether oxygens (including phenoxy) is 2. The van der Waals surface area contributed by atoms with Crippen LogP contribution in [0.5, 0.6) is 0 Å². The Balaban J connectivity index is 2.40. The van der Waals surface area contributed by atoms with Crippen molar-refractivity contribution in [3.05, 3.63) is 71.3 Å². The molecule has 332 valence electrons. The van der Waals surface area contributed by atoms with Gasteiger partial charge in [-0.1, -0.05) is 120 Å². The smallest absolute Gasteiger partial charge is 0.466 e. The lowest BCUT2D eigenvalue weighted by Gasteiger charge is -2.20. The number of carbonyl (C=O) groups is 2. The number of esters is 2. The summed E-state index contributed by atoms with van der Waals surface area (Å²) >= 11 is 0. The van der Waals surface area contributed by atoms with E-state index in [9.17, 15) is 29.3 Å². The molecule has 0 aliphatic rings. The molecule has 0 saturated carbocycles. The zero-order valence-corrected chi connectivity index (χ0v) is 36.8. The number of allylic oxidation sites excluding steroid dienone is 6. The Morgan fingerprint density at radius 2 is 1.24 bits per heavy atom. The number of aliphatic hydroxyl groups excluding tert-OH is 2. The van der Waals surface area contributed by atoms with E-state index in [1.54, 1.807) is 18.2 Å². The van der Waals surface area contributed by atoms with Gasteiger partial charge in [0.05, 0.1) is 25.4 Å². The number of phosphoric acid groups is 1. The maximum atomic E-state index is 12.7. The molecule has 0 aromatic carbocycles. The number of rotatable bonds is 36. The maximum Gasteiger partial charge on any atom is 0.472 e. The Morgan fingerprint density at radius 3 is 1.84 bits per heavy atom. The van der Waals surface area contributed by atoms with Gasteiger partial charge in [-0.05, 0) is 69.9 Å². The fourth-order valence-corrected chi connectivity index (χ4v) is 6.79. The quantitative estimate of drug-likeness (QED) is 0.0217. The molecule has 12 nitrogen and oxygen atoms in total. The summed E-state index contributed by atoms with van der Waals surface area (Å²) in [7, 11) is -4.45. The number of carbonyl (C=O) groups excluding carboxylic acids is 2. The minimum absolute atomic E-state index is 0.0105. The van der Waals surface area contributed by atoms with Crippen LogP contribution < -0.4 is 5.73 Å². The summed E-state index contributed by atoms with van der Waals surface area (Å²) in [6, 6.07) is 0. The van der Waals surface area contributed by atoms with Crippen LogP contribution in [0.4, 0.5) is 0 Å². The lowest BCUT2D eigenvalue weighted by Crippen LogP contribution is -2.29. The number of phosphoric ester groups is 1. The van der Waals surface area contributed by atoms with E-state index < -0.39 is 44.7 Å². The molecule has 1 aromatic rings. The minimum Gasteiger partial charge on any atom is -0.466 e. The van der Waals surface area contributed by atoms with Gasteiger partial charge in [0.2, 0.25) is 0 Å². The van der Waals surface area contributed by atoms with Crippen LogP contribution in [0.1, 0.15) is 152 Å².